The molecule has 0 aromatic heterocycles. The maximum atomic E-state index is 12.0. The van der Waals surface area contributed by atoms with Crippen molar-refractivity contribution in [2.75, 3.05) is 5.73 Å². The molecule has 0 saturated carbocycles. The third kappa shape index (κ3) is 6.30. The number of hydrogen-bond donors (Lipinski definition) is 5. The van der Waals surface area contributed by atoms with E-state index in [1.165, 1.54) is 60.7 Å². The predicted octanol–water partition coefficient (Wildman–Crippen LogP) is 7.00. The minimum atomic E-state index is -4.79. The monoisotopic (exact) mass is 707 g/mol. The van der Waals surface area contributed by atoms with E-state index in [0.29, 0.717) is 10.8 Å². The number of nitrogens with two attached hydrogens (primary N) is 1. The minimum Gasteiger partial charge on any atom is -0.507 e. The summed E-state index contributed by atoms with van der Waals surface area (Å²) in [5, 5.41) is 29.0. The normalized spacial score (nSPS) is 13.0. The first-order valence-corrected chi connectivity index (χ1v) is 17.7. The minimum absolute atomic E-state index is 0.0107. The van der Waals surface area contributed by atoms with Gasteiger partial charge in [-0.25, -0.2) is 0 Å². The summed E-state index contributed by atoms with van der Waals surface area (Å²) in [5.74, 6) is -0.603. The van der Waals surface area contributed by atoms with Gasteiger partial charge in [-0.3, -0.25) is 13.7 Å². The number of nitrogens with zero attached hydrogens (tertiary/aromatic N) is 4. The van der Waals surface area contributed by atoms with E-state index in [4.69, 9.17) is 5.73 Å². The van der Waals surface area contributed by atoms with Crippen molar-refractivity contribution >= 4 is 91.1 Å². The van der Waals surface area contributed by atoms with Gasteiger partial charge in [0, 0.05) is 33.3 Å². The molecule has 0 fully saturated rings. The lowest BCUT2D eigenvalue weighted by Gasteiger charge is -2.10. The maximum Gasteiger partial charge on any atom is 0.295 e. The lowest BCUT2D eigenvalue weighted by atomic mass is 10.1. The zero-order valence-corrected chi connectivity index (χ0v) is 26.4. The number of benzene rings is 6. The quantitative estimate of drug-likeness (QED) is 0.0640. The first-order chi connectivity index (χ1) is 22.5. The predicted molar refractivity (Wildman–Crippen MR) is 176 cm³/mol. The number of fused-ring (bicyclic) bond motifs is 3. The van der Waals surface area contributed by atoms with Crippen LogP contribution in [0.3, 0.4) is 0 Å². The molecule has 0 atom stereocenters. The Balaban J connectivity index is 1.48. The van der Waals surface area contributed by atoms with Gasteiger partial charge in [-0.1, -0.05) is 24.3 Å². The fraction of sp³-hybridized carbons (Fsp3) is 0. The van der Waals surface area contributed by atoms with Gasteiger partial charge in [0.1, 0.15) is 10.6 Å². The van der Waals surface area contributed by atoms with Gasteiger partial charge < -0.3 is 10.8 Å². The Morgan fingerprint density at radius 1 is 0.521 bits per heavy atom. The highest BCUT2D eigenvalue weighted by Crippen LogP contribution is 2.42. The average molecular weight is 708 g/mol. The number of rotatable bonds is 7. The first-order valence-electron chi connectivity index (χ1n) is 13.4. The number of hydrogen-bond acceptors (Lipinski definition) is 12. The molecule has 0 aliphatic carbocycles. The van der Waals surface area contributed by atoms with Crippen LogP contribution in [0.15, 0.2) is 126 Å². The third-order valence-corrected chi connectivity index (χ3v) is 9.85. The molecule has 244 valence electrons. The number of phenolic OH excluding ortho intramolecular Hbond substituents is 1. The second kappa shape index (κ2) is 11.7. The summed E-state index contributed by atoms with van der Waals surface area (Å²) in [4.78, 5) is -1.37. The van der Waals surface area contributed by atoms with Crippen molar-refractivity contribution in [3.63, 3.8) is 0 Å². The number of phenols is 1. The summed E-state index contributed by atoms with van der Waals surface area (Å²) in [6, 6.07) is 20.1. The molecule has 0 radical (unpaired) electrons. The van der Waals surface area contributed by atoms with E-state index in [0.717, 1.165) is 18.2 Å². The van der Waals surface area contributed by atoms with E-state index in [2.05, 4.69) is 20.5 Å². The van der Waals surface area contributed by atoms with Crippen LogP contribution in [-0.4, -0.2) is 44.0 Å². The summed E-state index contributed by atoms with van der Waals surface area (Å²) >= 11 is 0. The molecule has 48 heavy (non-hydrogen) atoms. The molecule has 0 bridgehead atoms. The van der Waals surface area contributed by atoms with Crippen LogP contribution >= 0.6 is 0 Å². The molecular weight excluding hydrogens is 687 g/mol. The summed E-state index contributed by atoms with van der Waals surface area (Å²) in [6.45, 7) is 0. The Hall–Kier alpha value is -5.37. The van der Waals surface area contributed by atoms with Crippen LogP contribution in [0.2, 0.25) is 0 Å². The second-order valence-electron chi connectivity index (χ2n) is 10.3. The molecule has 18 heteroatoms. The van der Waals surface area contributed by atoms with Gasteiger partial charge in [0.05, 0.1) is 37.9 Å². The standard InChI is InChI=1S/C30H21N5O10S3/c31-24-8-9-25(20-7-6-18(13-22(20)24)46(37,38)39)33-34-26-10-11-27(30-23(26)14-19(15-28(30)36)47(40,41)42)35-32-17-5-4-16-2-1-3-29(21(16)12-17)48(43,44)45/h1-15,36H,31H2,(H,37,38,39)(H,40,41,42)(H,43,44,45). The summed E-state index contributed by atoms with van der Waals surface area (Å²) in [7, 11) is -13.9. The van der Waals surface area contributed by atoms with Gasteiger partial charge in [-0.15, -0.1) is 15.3 Å². The molecule has 6 aromatic carbocycles. The summed E-state index contributed by atoms with van der Waals surface area (Å²) in [5.41, 5.74) is 6.66. The second-order valence-corrected chi connectivity index (χ2v) is 14.6. The molecule has 0 aliphatic rings. The van der Waals surface area contributed by atoms with Crippen molar-refractivity contribution in [3.8, 4) is 5.75 Å². The fourth-order valence-corrected chi connectivity index (χ4v) is 6.78. The van der Waals surface area contributed by atoms with Gasteiger partial charge in [-0.2, -0.15) is 30.4 Å². The van der Waals surface area contributed by atoms with Gasteiger partial charge in [0.25, 0.3) is 30.4 Å². The van der Waals surface area contributed by atoms with E-state index in [1.54, 1.807) is 12.1 Å². The highest BCUT2D eigenvalue weighted by atomic mass is 32.2. The molecule has 0 saturated heterocycles. The van der Waals surface area contributed by atoms with Crippen molar-refractivity contribution in [3.05, 3.63) is 91.0 Å². The van der Waals surface area contributed by atoms with Gasteiger partial charge in [0.2, 0.25) is 0 Å². The van der Waals surface area contributed by atoms with Crippen molar-refractivity contribution in [1.82, 2.24) is 0 Å². The molecule has 0 spiro atoms. The summed E-state index contributed by atoms with van der Waals surface area (Å²) < 4.78 is 99.9. The number of anilines is 1. The number of aromatic hydroxyl groups is 1. The molecule has 6 aromatic rings. The zero-order chi connectivity index (χ0) is 34.6. The molecule has 0 heterocycles. The Morgan fingerprint density at radius 2 is 1.15 bits per heavy atom. The van der Waals surface area contributed by atoms with E-state index in [-0.39, 0.29) is 59.8 Å². The number of nitrogen functional groups attached to an aromatic ring is 1. The molecule has 0 aliphatic heterocycles. The highest BCUT2D eigenvalue weighted by Gasteiger charge is 2.19. The maximum absolute atomic E-state index is 12.0. The molecule has 0 amide bonds. The summed E-state index contributed by atoms with van der Waals surface area (Å²) in [6.07, 6.45) is 0. The van der Waals surface area contributed by atoms with Crippen molar-refractivity contribution in [2.24, 2.45) is 20.5 Å². The van der Waals surface area contributed by atoms with Crippen molar-refractivity contribution in [2.45, 2.75) is 14.7 Å². The van der Waals surface area contributed by atoms with E-state index < -0.39 is 41.0 Å². The van der Waals surface area contributed by atoms with Crippen molar-refractivity contribution in [1.29, 1.82) is 0 Å². The van der Waals surface area contributed by atoms with Crippen LogP contribution < -0.4 is 5.73 Å². The third-order valence-electron chi connectivity index (χ3n) is 7.26. The lowest BCUT2D eigenvalue weighted by molar-refractivity contribution is 0.471. The molecule has 0 unspecified atom stereocenters. The molecule has 6 N–H and O–H groups in total. The fourth-order valence-electron chi connectivity index (χ4n) is 5.04. The zero-order valence-electron chi connectivity index (χ0n) is 24.0. The lowest BCUT2D eigenvalue weighted by Crippen LogP contribution is -1.98. The van der Waals surface area contributed by atoms with Crippen LogP contribution in [0.1, 0.15) is 0 Å². The highest BCUT2D eigenvalue weighted by molar-refractivity contribution is 7.86. The van der Waals surface area contributed by atoms with Crippen LogP contribution in [0.5, 0.6) is 5.75 Å². The largest absolute Gasteiger partial charge is 0.507 e. The van der Waals surface area contributed by atoms with Gasteiger partial charge in [-0.05, 0) is 66.0 Å². The Morgan fingerprint density at radius 3 is 1.83 bits per heavy atom. The van der Waals surface area contributed by atoms with Gasteiger partial charge >= 0.3 is 0 Å². The van der Waals surface area contributed by atoms with E-state index in [9.17, 15) is 44.0 Å². The molecule has 6 rings (SSSR count). The van der Waals surface area contributed by atoms with Crippen LogP contribution in [-0.2, 0) is 30.4 Å². The molecular formula is C30H21N5O10S3. The van der Waals surface area contributed by atoms with Crippen LogP contribution in [0.4, 0.5) is 28.4 Å². The SMILES string of the molecule is Nc1ccc(N=Nc2ccc(N=Nc3ccc4cccc(S(=O)(=O)O)c4c3)c3c(O)cc(S(=O)(=O)O)cc23)c2ccc(S(=O)(=O)O)cc12. The topological polar surface area (TPSA) is 259 Å². The van der Waals surface area contributed by atoms with E-state index >= 15 is 0 Å². The Kier molecular flexibility index (Phi) is 7.94. The van der Waals surface area contributed by atoms with Gasteiger partial charge in [0.15, 0.2) is 0 Å². The van der Waals surface area contributed by atoms with Crippen molar-refractivity contribution < 1.29 is 44.0 Å². The van der Waals surface area contributed by atoms with Crippen LogP contribution in [0.25, 0.3) is 32.3 Å². The first kappa shape index (κ1) is 32.6. The Bertz CT molecular complexity index is 2730. The number of azo groups is 2. The van der Waals surface area contributed by atoms with Crippen LogP contribution in [0, 0.1) is 0 Å². The smallest absolute Gasteiger partial charge is 0.295 e. The Labute approximate surface area is 272 Å². The van der Waals surface area contributed by atoms with E-state index in [1.807, 2.05) is 0 Å². The molecule has 15 nitrogen and oxygen atoms in total. The average Bonchev–Trinajstić information content (AvgIpc) is 3.01.